The molecule has 0 bridgehead atoms. The summed E-state index contributed by atoms with van der Waals surface area (Å²) in [6.45, 7) is 1.14. The van der Waals surface area contributed by atoms with Crippen LogP contribution in [0.4, 0.5) is 0 Å². The van der Waals surface area contributed by atoms with Crippen molar-refractivity contribution in [3.05, 3.63) is 65.7 Å². The van der Waals surface area contributed by atoms with Crippen LogP contribution >= 0.6 is 0 Å². The van der Waals surface area contributed by atoms with Crippen molar-refractivity contribution in [2.45, 2.75) is 31.1 Å². The first-order valence-electron chi connectivity index (χ1n) is 12.3. The summed E-state index contributed by atoms with van der Waals surface area (Å²) in [7, 11) is 3.01. The molecule has 0 spiro atoms. The molecule has 2 aliphatic rings. The number of imide groups is 1. The number of Topliss-reactive ketones (excluding diaryl/α,β-unsaturated/α-hetero) is 1. The SMILES string of the molecule is COCCN1C(=O)C[C@@](CC(=O)N2CCC[C@@H](C(=O)c3ccccc3)C2)(c2ccccc2OC)C1=O. The van der Waals surface area contributed by atoms with Gasteiger partial charge in [0.15, 0.2) is 5.78 Å². The molecule has 2 aromatic carbocycles. The number of hydrogen-bond donors (Lipinski definition) is 0. The highest BCUT2D eigenvalue weighted by Gasteiger charge is 2.55. The smallest absolute Gasteiger partial charge is 0.241 e. The number of likely N-dealkylation sites (tertiary alicyclic amines) is 2. The molecule has 2 fully saturated rings. The number of ketones is 1. The van der Waals surface area contributed by atoms with Gasteiger partial charge in [-0.05, 0) is 18.9 Å². The number of carbonyl (C=O) groups excluding carboxylic acids is 4. The normalized spacial score (nSPS) is 22.1. The third-order valence-corrected chi connectivity index (χ3v) is 7.21. The van der Waals surface area contributed by atoms with Crippen LogP contribution in [0.1, 0.15) is 41.6 Å². The van der Waals surface area contributed by atoms with Gasteiger partial charge in [-0.3, -0.25) is 24.1 Å². The van der Waals surface area contributed by atoms with E-state index in [0.717, 1.165) is 0 Å². The molecular weight excluding hydrogens is 460 g/mol. The summed E-state index contributed by atoms with van der Waals surface area (Å²) >= 11 is 0. The zero-order valence-corrected chi connectivity index (χ0v) is 20.8. The monoisotopic (exact) mass is 492 g/mol. The fraction of sp³-hybridized carbons (Fsp3) is 0.429. The molecule has 190 valence electrons. The molecule has 2 aliphatic heterocycles. The number of benzene rings is 2. The summed E-state index contributed by atoms with van der Waals surface area (Å²) in [5.41, 5.74) is -0.217. The van der Waals surface area contributed by atoms with Gasteiger partial charge < -0.3 is 14.4 Å². The van der Waals surface area contributed by atoms with Gasteiger partial charge in [-0.25, -0.2) is 0 Å². The molecular formula is C28H32N2O6. The molecule has 2 atom stereocenters. The minimum atomic E-state index is -1.37. The Labute approximate surface area is 211 Å². The van der Waals surface area contributed by atoms with Crippen molar-refractivity contribution in [1.29, 1.82) is 0 Å². The Kier molecular flexibility index (Phi) is 7.84. The van der Waals surface area contributed by atoms with Crippen molar-refractivity contribution in [1.82, 2.24) is 9.80 Å². The fourth-order valence-electron chi connectivity index (χ4n) is 5.32. The zero-order chi connectivity index (χ0) is 25.7. The number of amides is 3. The molecule has 0 radical (unpaired) electrons. The van der Waals surface area contributed by atoms with Gasteiger partial charge in [0.25, 0.3) is 0 Å². The van der Waals surface area contributed by atoms with Crippen molar-refractivity contribution >= 4 is 23.5 Å². The summed E-state index contributed by atoms with van der Waals surface area (Å²) in [5, 5.41) is 0. The van der Waals surface area contributed by atoms with E-state index in [4.69, 9.17) is 9.47 Å². The number of ether oxygens (including phenoxy) is 2. The second-order valence-corrected chi connectivity index (χ2v) is 9.39. The molecule has 8 heteroatoms. The molecule has 0 N–H and O–H groups in total. The number of rotatable bonds is 9. The Hall–Kier alpha value is -3.52. The first kappa shape index (κ1) is 25.6. The summed E-state index contributed by atoms with van der Waals surface area (Å²) in [5.74, 6) is -0.836. The lowest BCUT2D eigenvalue weighted by Gasteiger charge is -2.35. The summed E-state index contributed by atoms with van der Waals surface area (Å²) in [4.78, 5) is 56.3. The van der Waals surface area contributed by atoms with Crippen LogP contribution in [0.2, 0.25) is 0 Å². The van der Waals surface area contributed by atoms with Crippen LogP contribution in [-0.2, 0) is 24.5 Å². The summed E-state index contributed by atoms with van der Waals surface area (Å²) in [6, 6.07) is 16.1. The average molecular weight is 493 g/mol. The standard InChI is InChI=1S/C28H32N2O6/c1-35-16-15-30-25(32)18-28(27(30)34,22-12-6-7-13-23(22)36-2)17-24(31)29-14-8-11-21(19-29)26(33)20-9-4-3-5-10-20/h3-7,9-10,12-13,21H,8,11,14-19H2,1-2H3/t21-,28+/m1/s1. The molecule has 0 unspecified atom stereocenters. The van der Waals surface area contributed by atoms with Crippen molar-refractivity contribution in [2.75, 3.05) is 40.5 Å². The minimum Gasteiger partial charge on any atom is -0.496 e. The Balaban J connectivity index is 1.61. The van der Waals surface area contributed by atoms with Crippen LogP contribution in [0.15, 0.2) is 54.6 Å². The molecule has 0 aromatic heterocycles. The lowest BCUT2D eigenvalue weighted by atomic mass is 9.75. The molecule has 4 rings (SSSR count). The third-order valence-electron chi connectivity index (χ3n) is 7.21. The average Bonchev–Trinajstić information content (AvgIpc) is 3.16. The van der Waals surface area contributed by atoms with Crippen LogP contribution in [-0.4, -0.2) is 73.8 Å². The molecule has 0 saturated carbocycles. The maximum absolute atomic E-state index is 13.8. The predicted molar refractivity (Wildman–Crippen MR) is 133 cm³/mol. The van der Waals surface area contributed by atoms with Crippen LogP contribution < -0.4 is 4.74 Å². The predicted octanol–water partition coefficient (Wildman–Crippen LogP) is 2.85. The molecule has 36 heavy (non-hydrogen) atoms. The van der Waals surface area contributed by atoms with E-state index < -0.39 is 11.3 Å². The van der Waals surface area contributed by atoms with Crippen LogP contribution in [0.5, 0.6) is 5.75 Å². The quantitative estimate of drug-likeness (QED) is 0.395. The molecule has 2 saturated heterocycles. The van der Waals surface area contributed by atoms with Crippen LogP contribution in [0, 0.1) is 5.92 Å². The topological polar surface area (TPSA) is 93.2 Å². The number of hydrogen-bond acceptors (Lipinski definition) is 6. The Bertz CT molecular complexity index is 1130. The maximum atomic E-state index is 13.8. The largest absolute Gasteiger partial charge is 0.496 e. The Morgan fingerprint density at radius 2 is 1.75 bits per heavy atom. The van der Waals surface area contributed by atoms with Crippen molar-refractivity contribution < 1.29 is 28.7 Å². The highest BCUT2D eigenvalue weighted by Crippen LogP contribution is 2.44. The first-order valence-corrected chi connectivity index (χ1v) is 12.3. The van der Waals surface area contributed by atoms with E-state index in [1.165, 1.54) is 19.1 Å². The van der Waals surface area contributed by atoms with E-state index in [1.54, 1.807) is 41.3 Å². The zero-order valence-electron chi connectivity index (χ0n) is 20.8. The van der Waals surface area contributed by atoms with Gasteiger partial charge in [-0.1, -0.05) is 48.5 Å². The molecule has 8 nitrogen and oxygen atoms in total. The van der Waals surface area contributed by atoms with Crippen LogP contribution in [0.25, 0.3) is 0 Å². The second kappa shape index (κ2) is 11.0. The van der Waals surface area contributed by atoms with E-state index >= 15 is 0 Å². The highest BCUT2D eigenvalue weighted by molar-refractivity contribution is 6.11. The number of carbonyl (C=O) groups is 4. The van der Waals surface area contributed by atoms with E-state index in [0.29, 0.717) is 42.8 Å². The van der Waals surface area contributed by atoms with E-state index in [1.807, 2.05) is 18.2 Å². The third kappa shape index (κ3) is 4.91. The van der Waals surface area contributed by atoms with Gasteiger partial charge in [0.2, 0.25) is 17.7 Å². The van der Waals surface area contributed by atoms with Gasteiger partial charge in [0.1, 0.15) is 5.75 Å². The number of para-hydroxylation sites is 1. The first-order chi connectivity index (χ1) is 17.4. The minimum absolute atomic E-state index is 0.0189. The number of piperidine rings is 1. The van der Waals surface area contributed by atoms with Crippen LogP contribution in [0.3, 0.4) is 0 Å². The van der Waals surface area contributed by atoms with E-state index in [9.17, 15) is 19.2 Å². The highest BCUT2D eigenvalue weighted by atomic mass is 16.5. The Morgan fingerprint density at radius 3 is 2.47 bits per heavy atom. The number of nitrogens with zero attached hydrogens (tertiary/aromatic N) is 2. The van der Waals surface area contributed by atoms with Gasteiger partial charge in [-0.2, -0.15) is 0 Å². The summed E-state index contributed by atoms with van der Waals surface area (Å²) < 4.78 is 10.6. The lowest BCUT2D eigenvalue weighted by molar-refractivity contribution is -0.143. The number of methoxy groups -OCH3 is 2. The van der Waals surface area contributed by atoms with Crippen molar-refractivity contribution in [2.24, 2.45) is 5.92 Å². The molecule has 3 amide bonds. The lowest BCUT2D eigenvalue weighted by Crippen LogP contribution is -2.47. The fourth-order valence-corrected chi connectivity index (χ4v) is 5.32. The van der Waals surface area contributed by atoms with Gasteiger partial charge in [0.05, 0.1) is 25.7 Å². The summed E-state index contributed by atoms with van der Waals surface area (Å²) in [6.07, 6.45) is 1.11. The van der Waals surface area contributed by atoms with Gasteiger partial charge in [0, 0.05) is 50.1 Å². The second-order valence-electron chi connectivity index (χ2n) is 9.39. The molecule has 0 aliphatic carbocycles. The van der Waals surface area contributed by atoms with E-state index in [2.05, 4.69) is 0 Å². The van der Waals surface area contributed by atoms with Gasteiger partial charge >= 0.3 is 0 Å². The van der Waals surface area contributed by atoms with Crippen molar-refractivity contribution in [3.63, 3.8) is 0 Å². The Morgan fingerprint density at radius 1 is 1.03 bits per heavy atom. The van der Waals surface area contributed by atoms with E-state index in [-0.39, 0.29) is 49.5 Å². The maximum Gasteiger partial charge on any atom is 0.241 e. The van der Waals surface area contributed by atoms with Crippen molar-refractivity contribution in [3.8, 4) is 5.75 Å². The van der Waals surface area contributed by atoms with Gasteiger partial charge in [-0.15, -0.1) is 0 Å². The molecule has 2 heterocycles. The molecule has 2 aromatic rings.